The number of hydrazine groups is 1. The molecule has 0 bridgehead atoms. The van der Waals surface area contributed by atoms with E-state index in [1.807, 2.05) is 0 Å². The first kappa shape index (κ1) is 17.9. The van der Waals surface area contributed by atoms with Crippen LogP contribution in [0.4, 0.5) is 18.9 Å². The molecule has 4 nitrogen and oxygen atoms in total. The summed E-state index contributed by atoms with van der Waals surface area (Å²) in [6, 6.07) is 8.59. The third-order valence-corrected chi connectivity index (χ3v) is 3.33. The number of alkyl halides is 3. The highest BCUT2D eigenvalue weighted by atomic mass is 35.5. The maximum atomic E-state index is 13.0. The quantitative estimate of drug-likeness (QED) is 0.770. The van der Waals surface area contributed by atoms with E-state index in [1.54, 1.807) is 6.07 Å². The molecule has 0 aliphatic carbocycles. The van der Waals surface area contributed by atoms with Gasteiger partial charge in [0, 0.05) is 15.6 Å². The van der Waals surface area contributed by atoms with Crippen LogP contribution in [0.3, 0.4) is 0 Å². The predicted octanol–water partition coefficient (Wildman–Crippen LogP) is 4.64. The third kappa shape index (κ3) is 4.31. The molecule has 0 aromatic heterocycles. The number of amides is 1. The van der Waals surface area contributed by atoms with E-state index < -0.39 is 23.3 Å². The number of nitriles is 1. The Hall–Kier alpha value is -2.43. The maximum absolute atomic E-state index is 13.0. The number of carbonyl (C=O) groups is 1. The number of nitrogens with one attached hydrogen (secondary N) is 2. The van der Waals surface area contributed by atoms with Crippen molar-refractivity contribution < 1.29 is 18.0 Å². The van der Waals surface area contributed by atoms with Crippen LogP contribution in [0.1, 0.15) is 21.5 Å². The van der Waals surface area contributed by atoms with Gasteiger partial charge < -0.3 is 0 Å². The molecule has 0 unspecified atom stereocenters. The van der Waals surface area contributed by atoms with Crippen LogP contribution in [0.5, 0.6) is 0 Å². The average molecular weight is 374 g/mol. The molecule has 24 heavy (non-hydrogen) atoms. The molecule has 2 aromatic carbocycles. The second-order valence-electron chi connectivity index (χ2n) is 4.61. The lowest BCUT2D eigenvalue weighted by atomic mass is 10.1. The molecule has 2 aromatic rings. The number of anilines is 1. The van der Waals surface area contributed by atoms with Crippen LogP contribution in [0.25, 0.3) is 0 Å². The monoisotopic (exact) mass is 373 g/mol. The van der Waals surface area contributed by atoms with Gasteiger partial charge in [0.05, 0.1) is 22.9 Å². The highest BCUT2D eigenvalue weighted by Crippen LogP contribution is 2.35. The van der Waals surface area contributed by atoms with Crippen LogP contribution < -0.4 is 10.9 Å². The van der Waals surface area contributed by atoms with Gasteiger partial charge in [0.25, 0.3) is 5.91 Å². The van der Waals surface area contributed by atoms with E-state index in [2.05, 4.69) is 10.9 Å². The number of hydrogen-bond acceptors (Lipinski definition) is 3. The van der Waals surface area contributed by atoms with Crippen LogP contribution in [0.2, 0.25) is 10.0 Å². The first-order valence-corrected chi connectivity index (χ1v) is 7.10. The highest BCUT2D eigenvalue weighted by molar-refractivity contribution is 6.35. The molecule has 2 N–H and O–H groups in total. The fourth-order valence-electron chi connectivity index (χ4n) is 1.84. The molecule has 0 saturated carbocycles. The van der Waals surface area contributed by atoms with Crippen LogP contribution in [0.15, 0.2) is 36.4 Å². The van der Waals surface area contributed by atoms with Crippen molar-refractivity contribution in [3.05, 3.63) is 63.1 Å². The number of benzene rings is 2. The van der Waals surface area contributed by atoms with Crippen molar-refractivity contribution in [3.63, 3.8) is 0 Å². The fraction of sp³-hybridized carbons (Fsp3) is 0.0667. The number of hydrogen-bond donors (Lipinski definition) is 2. The Kier molecular flexibility index (Phi) is 5.22. The molecule has 0 radical (unpaired) electrons. The van der Waals surface area contributed by atoms with Crippen molar-refractivity contribution in [1.29, 1.82) is 5.26 Å². The molecule has 0 heterocycles. The lowest BCUT2D eigenvalue weighted by Gasteiger charge is -2.15. The van der Waals surface area contributed by atoms with Crippen LogP contribution in [-0.2, 0) is 6.18 Å². The van der Waals surface area contributed by atoms with Gasteiger partial charge in [0.2, 0.25) is 0 Å². The SMILES string of the molecule is N#Cc1ccc(NNC(=O)c2cc(Cl)cc(Cl)c2)c(C(F)(F)F)c1. The van der Waals surface area contributed by atoms with Crippen molar-refractivity contribution in [2.45, 2.75) is 6.18 Å². The molecule has 0 spiro atoms. The minimum absolute atomic E-state index is 0.0715. The van der Waals surface area contributed by atoms with Crippen LogP contribution in [0, 0.1) is 11.3 Å². The van der Waals surface area contributed by atoms with Gasteiger partial charge in [-0.05, 0) is 36.4 Å². The largest absolute Gasteiger partial charge is 0.418 e. The van der Waals surface area contributed by atoms with E-state index in [-0.39, 0.29) is 21.2 Å². The van der Waals surface area contributed by atoms with Gasteiger partial charge in [0.1, 0.15) is 0 Å². The number of carbonyl (C=O) groups excluding carboxylic acids is 1. The van der Waals surface area contributed by atoms with Gasteiger partial charge in [0.15, 0.2) is 0 Å². The molecular weight excluding hydrogens is 366 g/mol. The van der Waals surface area contributed by atoms with Crippen molar-refractivity contribution in [2.24, 2.45) is 0 Å². The zero-order valence-corrected chi connectivity index (χ0v) is 13.2. The maximum Gasteiger partial charge on any atom is 0.418 e. The molecule has 9 heteroatoms. The van der Waals surface area contributed by atoms with Gasteiger partial charge in [-0.3, -0.25) is 15.6 Å². The van der Waals surface area contributed by atoms with Gasteiger partial charge in [-0.1, -0.05) is 23.2 Å². The number of nitrogens with zero attached hydrogens (tertiary/aromatic N) is 1. The van der Waals surface area contributed by atoms with Crippen molar-refractivity contribution in [2.75, 3.05) is 5.43 Å². The molecule has 2 rings (SSSR count). The normalized spacial score (nSPS) is 10.8. The number of rotatable bonds is 3. The Morgan fingerprint density at radius 2 is 1.71 bits per heavy atom. The van der Waals surface area contributed by atoms with Crippen molar-refractivity contribution in [3.8, 4) is 6.07 Å². The number of halogens is 5. The molecule has 0 fully saturated rings. The van der Waals surface area contributed by atoms with E-state index >= 15 is 0 Å². The average Bonchev–Trinajstić information content (AvgIpc) is 2.50. The van der Waals surface area contributed by atoms with Gasteiger partial charge >= 0.3 is 6.18 Å². The third-order valence-electron chi connectivity index (χ3n) is 2.89. The Bertz CT molecular complexity index is 811. The first-order chi connectivity index (χ1) is 11.2. The smallest absolute Gasteiger partial charge is 0.298 e. The molecule has 0 aliphatic heterocycles. The van der Waals surface area contributed by atoms with E-state index in [1.165, 1.54) is 24.3 Å². The van der Waals surface area contributed by atoms with E-state index in [0.29, 0.717) is 6.07 Å². The lowest BCUT2D eigenvalue weighted by molar-refractivity contribution is -0.137. The topological polar surface area (TPSA) is 64.9 Å². The van der Waals surface area contributed by atoms with E-state index in [0.717, 1.165) is 6.07 Å². The molecule has 0 atom stereocenters. The van der Waals surface area contributed by atoms with Gasteiger partial charge in [-0.25, -0.2) is 0 Å². The molecule has 124 valence electrons. The standard InChI is InChI=1S/C15H8Cl2F3N3O/c16-10-4-9(5-11(17)6-10)14(24)23-22-13-2-1-8(7-21)3-12(13)15(18,19)20/h1-6,22H,(H,23,24). The highest BCUT2D eigenvalue weighted by Gasteiger charge is 2.34. The summed E-state index contributed by atoms with van der Waals surface area (Å²) in [5.41, 5.74) is 2.77. The molecule has 1 amide bonds. The second kappa shape index (κ2) is 6.99. The lowest BCUT2D eigenvalue weighted by Crippen LogP contribution is -2.30. The molecule has 0 saturated heterocycles. The zero-order chi connectivity index (χ0) is 17.9. The van der Waals surface area contributed by atoms with E-state index in [4.69, 9.17) is 28.5 Å². The van der Waals surface area contributed by atoms with Crippen LogP contribution in [-0.4, -0.2) is 5.91 Å². The summed E-state index contributed by atoms with van der Waals surface area (Å²) in [4.78, 5) is 12.0. The zero-order valence-electron chi connectivity index (χ0n) is 11.7. The van der Waals surface area contributed by atoms with Gasteiger partial charge in [-0.15, -0.1) is 0 Å². The summed E-state index contributed by atoms with van der Waals surface area (Å²) in [5, 5.41) is 9.13. The summed E-state index contributed by atoms with van der Waals surface area (Å²) in [7, 11) is 0. The van der Waals surface area contributed by atoms with Crippen molar-refractivity contribution in [1.82, 2.24) is 5.43 Å². The summed E-state index contributed by atoms with van der Waals surface area (Å²) in [6.07, 6.45) is -4.70. The first-order valence-electron chi connectivity index (χ1n) is 6.34. The second-order valence-corrected chi connectivity index (χ2v) is 5.48. The summed E-state index contributed by atoms with van der Waals surface area (Å²) in [5.74, 6) is -0.725. The minimum Gasteiger partial charge on any atom is -0.298 e. The Labute approximate surface area is 144 Å². The van der Waals surface area contributed by atoms with Crippen LogP contribution >= 0.6 is 23.2 Å². The summed E-state index contributed by atoms with van der Waals surface area (Å²) >= 11 is 11.5. The van der Waals surface area contributed by atoms with E-state index in [9.17, 15) is 18.0 Å². The van der Waals surface area contributed by atoms with Crippen molar-refractivity contribution >= 4 is 34.8 Å². The summed E-state index contributed by atoms with van der Waals surface area (Å²) < 4.78 is 39.1. The van der Waals surface area contributed by atoms with Gasteiger partial charge in [-0.2, -0.15) is 18.4 Å². The molecule has 0 aliphatic rings. The minimum atomic E-state index is -4.70. The molecular formula is C15H8Cl2F3N3O. The Balaban J connectivity index is 2.23. The summed E-state index contributed by atoms with van der Waals surface area (Å²) in [6.45, 7) is 0. The fourth-order valence-corrected chi connectivity index (χ4v) is 2.36. The Morgan fingerprint density at radius 3 is 2.25 bits per heavy atom. The Morgan fingerprint density at radius 1 is 1.08 bits per heavy atom. The predicted molar refractivity (Wildman–Crippen MR) is 83.7 cm³/mol.